The van der Waals surface area contributed by atoms with E-state index in [0.29, 0.717) is 17.3 Å². The van der Waals surface area contributed by atoms with Crippen molar-refractivity contribution in [1.29, 1.82) is 0 Å². The van der Waals surface area contributed by atoms with E-state index in [4.69, 9.17) is 17.3 Å². The summed E-state index contributed by atoms with van der Waals surface area (Å²) in [6, 6.07) is 12.9. The Hall–Kier alpha value is -1.71. The Morgan fingerprint density at radius 3 is 2.79 bits per heavy atom. The number of rotatable bonds is 4. The van der Waals surface area contributed by atoms with Gasteiger partial charge in [-0.05, 0) is 42.3 Å². The number of aryl methyl sites for hydroxylation is 1. The second-order valence-electron chi connectivity index (χ2n) is 4.53. The third kappa shape index (κ3) is 3.63. The Morgan fingerprint density at radius 2 is 2.05 bits per heavy atom. The van der Waals surface area contributed by atoms with E-state index in [9.17, 15) is 5.11 Å². The maximum atomic E-state index is 10.1. The topological polar surface area (TPSA) is 58.3 Å². The van der Waals surface area contributed by atoms with Crippen LogP contribution in [0.4, 0.5) is 11.4 Å². The second-order valence-corrected chi connectivity index (χ2v) is 4.96. The van der Waals surface area contributed by atoms with Crippen LogP contribution in [-0.4, -0.2) is 11.7 Å². The van der Waals surface area contributed by atoms with E-state index in [1.54, 1.807) is 12.1 Å². The molecule has 0 radical (unpaired) electrons. The third-order valence-corrected chi connectivity index (χ3v) is 3.22. The number of aliphatic hydroxyl groups excluding tert-OH is 1. The maximum Gasteiger partial charge on any atom is 0.0963 e. The van der Waals surface area contributed by atoms with Crippen LogP contribution in [0.2, 0.25) is 5.02 Å². The monoisotopic (exact) mass is 276 g/mol. The average molecular weight is 277 g/mol. The summed E-state index contributed by atoms with van der Waals surface area (Å²) in [6.45, 7) is 2.40. The normalized spacial score (nSPS) is 12.2. The van der Waals surface area contributed by atoms with Crippen LogP contribution in [0.1, 0.15) is 17.2 Å². The average Bonchev–Trinajstić information content (AvgIpc) is 2.39. The second kappa shape index (κ2) is 5.95. The zero-order valence-corrected chi connectivity index (χ0v) is 11.5. The first kappa shape index (κ1) is 13.7. The van der Waals surface area contributed by atoms with Gasteiger partial charge in [-0.25, -0.2) is 0 Å². The first-order valence-electron chi connectivity index (χ1n) is 6.10. The molecule has 0 amide bonds. The molecule has 0 fully saturated rings. The number of nitrogen functional groups attached to an aromatic ring is 1. The van der Waals surface area contributed by atoms with Crippen molar-refractivity contribution in [2.24, 2.45) is 0 Å². The number of benzene rings is 2. The van der Waals surface area contributed by atoms with Crippen molar-refractivity contribution >= 4 is 23.0 Å². The lowest BCUT2D eigenvalue weighted by atomic mass is 10.1. The molecule has 2 aromatic rings. The van der Waals surface area contributed by atoms with Crippen molar-refractivity contribution in [3.63, 3.8) is 0 Å². The van der Waals surface area contributed by atoms with Gasteiger partial charge in [0, 0.05) is 22.9 Å². The van der Waals surface area contributed by atoms with E-state index >= 15 is 0 Å². The largest absolute Gasteiger partial charge is 0.399 e. The molecule has 0 saturated heterocycles. The van der Waals surface area contributed by atoms with E-state index < -0.39 is 6.10 Å². The maximum absolute atomic E-state index is 10.1. The summed E-state index contributed by atoms with van der Waals surface area (Å²) >= 11 is 5.95. The Labute approximate surface area is 118 Å². The summed E-state index contributed by atoms with van der Waals surface area (Å²) in [5.41, 5.74) is 9.16. The van der Waals surface area contributed by atoms with Gasteiger partial charge in [0.15, 0.2) is 0 Å². The molecule has 2 aromatic carbocycles. The minimum absolute atomic E-state index is 0.407. The molecular weight excluding hydrogens is 260 g/mol. The van der Waals surface area contributed by atoms with Gasteiger partial charge in [0.05, 0.1) is 6.10 Å². The van der Waals surface area contributed by atoms with Crippen molar-refractivity contribution < 1.29 is 5.11 Å². The Bertz CT molecular complexity index is 572. The molecule has 100 valence electrons. The van der Waals surface area contributed by atoms with Gasteiger partial charge >= 0.3 is 0 Å². The molecule has 0 aliphatic rings. The fraction of sp³-hybridized carbons (Fsp3) is 0.200. The highest BCUT2D eigenvalue weighted by molar-refractivity contribution is 6.30. The van der Waals surface area contributed by atoms with Gasteiger partial charge in [-0.3, -0.25) is 0 Å². The number of aliphatic hydroxyl groups is 1. The molecule has 0 aliphatic heterocycles. The highest BCUT2D eigenvalue weighted by Gasteiger charge is 2.08. The molecule has 0 aromatic heterocycles. The lowest BCUT2D eigenvalue weighted by Crippen LogP contribution is -2.13. The molecule has 0 heterocycles. The van der Waals surface area contributed by atoms with E-state index in [2.05, 4.69) is 5.32 Å². The van der Waals surface area contributed by atoms with Gasteiger partial charge in [0.1, 0.15) is 0 Å². The molecule has 1 unspecified atom stereocenters. The van der Waals surface area contributed by atoms with Crippen molar-refractivity contribution in [3.05, 3.63) is 58.6 Å². The van der Waals surface area contributed by atoms with Crippen LogP contribution < -0.4 is 11.1 Å². The van der Waals surface area contributed by atoms with Crippen molar-refractivity contribution in [2.45, 2.75) is 13.0 Å². The van der Waals surface area contributed by atoms with Gasteiger partial charge in [0.2, 0.25) is 0 Å². The number of nitrogens with one attached hydrogen (secondary N) is 1. The Balaban J connectivity index is 2.04. The Morgan fingerprint density at radius 1 is 1.26 bits per heavy atom. The summed E-state index contributed by atoms with van der Waals surface area (Å²) in [6.07, 6.45) is -0.609. The minimum Gasteiger partial charge on any atom is -0.399 e. The van der Waals surface area contributed by atoms with Crippen LogP contribution in [0, 0.1) is 6.92 Å². The van der Waals surface area contributed by atoms with Crippen molar-refractivity contribution in [1.82, 2.24) is 0 Å². The number of nitrogens with two attached hydrogens (primary N) is 1. The predicted molar refractivity (Wildman–Crippen MR) is 80.5 cm³/mol. The third-order valence-electron chi connectivity index (χ3n) is 2.98. The van der Waals surface area contributed by atoms with Gasteiger partial charge in [-0.15, -0.1) is 0 Å². The first-order chi connectivity index (χ1) is 9.06. The minimum atomic E-state index is -0.609. The molecule has 0 bridgehead atoms. The summed E-state index contributed by atoms with van der Waals surface area (Å²) in [4.78, 5) is 0. The summed E-state index contributed by atoms with van der Waals surface area (Å²) in [5.74, 6) is 0. The van der Waals surface area contributed by atoms with Crippen LogP contribution in [0.15, 0.2) is 42.5 Å². The SMILES string of the molecule is Cc1ccc(Cl)cc1NCC(O)c1cccc(N)c1. The van der Waals surface area contributed by atoms with E-state index in [1.807, 2.05) is 37.3 Å². The zero-order valence-electron chi connectivity index (χ0n) is 10.7. The Kier molecular flexibility index (Phi) is 4.30. The molecule has 0 aliphatic carbocycles. The van der Waals surface area contributed by atoms with Crippen LogP contribution in [0.25, 0.3) is 0 Å². The van der Waals surface area contributed by atoms with Crippen LogP contribution >= 0.6 is 11.6 Å². The molecule has 4 heteroatoms. The van der Waals surface area contributed by atoms with Gasteiger partial charge in [0.25, 0.3) is 0 Å². The smallest absolute Gasteiger partial charge is 0.0963 e. The first-order valence-corrected chi connectivity index (χ1v) is 6.47. The van der Waals surface area contributed by atoms with Gasteiger partial charge in [-0.2, -0.15) is 0 Å². The standard InChI is InChI=1S/C15H17ClN2O/c1-10-5-6-12(16)8-14(10)18-9-15(19)11-3-2-4-13(17)7-11/h2-8,15,18-19H,9,17H2,1H3. The van der Waals surface area contributed by atoms with Crippen molar-refractivity contribution in [3.8, 4) is 0 Å². The number of anilines is 2. The molecule has 0 spiro atoms. The van der Waals surface area contributed by atoms with E-state index in [0.717, 1.165) is 16.8 Å². The number of hydrogen-bond acceptors (Lipinski definition) is 3. The molecule has 2 rings (SSSR count). The highest BCUT2D eigenvalue weighted by atomic mass is 35.5. The molecule has 1 atom stereocenters. The lowest BCUT2D eigenvalue weighted by molar-refractivity contribution is 0.191. The summed E-state index contributed by atoms with van der Waals surface area (Å²) in [5, 5.41) is 14.0. The lowest BCUT2D eigenvalue weighted by Gasteiger charge is -2.15. The fourth-order valence-electron chi connectivity index (χ4n) is 1.88. The van der Waals surface area contributed by atoms with Gasteiger partial charge in [-0.1, -0.05) is 29.8 Å². The van der Waals surface area contributed by atoms with Crippen LogP contribution in [0.3, 0.4) is 0 Å². The van der Waals surface area contributed by atoms with Crippen LogP contribution in [0.5, 0.6) is 0 Å². The molecule has 19 heavy (non-hydrogen) atoms. The summed E-state index contributed by atoms with van der Waals surface area (Å²) in [7, 11) is 0. The molecular formula is C15H17ClN2O. The molecule has 4 N–H and O–H groups in total. The van der Waals surface area contributed by atoms with Gasteiger partial charge < -0.3 is 16.2 Å². The van der Waals surface area contributed by atoms with E-state index in [-0.39, 0.29) is 0 Å². The van der Waals surface area contributed by atoms with Crippen LogP contribution in [-0.2, 0) is 0 Å². The fourth-order valence-corrected chi connectivity index (χ4v) is 2.05. The quantitative estimate of drug-likeness (QED) is 0.751. The molecule has 0 saturated carbocycles. The van der Waals surface area contributed by atoms with E-state index in [1.165, 1.54) is 0 Å². The number of halogens is 1. The predicted octanol–water partition coefficient (Wildman–Crippen LogP) is 3.38. The number of hydrogen-bond donors (Lipinski definition) is 3. The zero-order chi connectivity index (χ0) is 13.8. The van der Waals surface area contributed by atoms with Crippen molar-refractivity contribution in [2.75, 3.05) is 17.6 Å². The highest BCUT2D eigenvalue weighted by Crippen LogP contribution is 2.22. The molecule has 3 nitrogen and oxygen atoms in total. The summed E-state index contributed by atoms with van der Waals surface area (Å²) < 4.78 is 0.